The molecule has 0 spiro atoms. The molecule has 0 aliphatic heterocycles. The predicted octanol–water partition coefficient (Wildman–Crippen LogP) is 2.26. The molecule has 4 N–H and O–H groups in total. The molecule has 2 rings (SSSR count). The van der Waals surface area contributed by atoms with E-state index in [9.17, 15) is 0 Å². The van der Waals surface area contributed by atoms with E-state index in [0.717, 1.165) is 23.3 Å². The summed E-state index contributed by atoms with van der Waals surface area (Å²) in [6.07, 6.45) is 0.891. The number of nitrogens with one attached hydrogen (secondary N) is 2. The minimum Gasteiger partial charge on any atom is -0.342 e. The van der Waals surface area contributed by atoms with Crippen LogP contribution in [0, 0.1) is 6.92 Å². The highest BCUT2D eigenvalue weighted by Gasteiger charge is 2.19. The first-order valence-electron chi connectivity index (χ1n) is 6.31. The molecule has 0 aliphatic rings. The largest absolute Gasteiger partial charge is 0.342 e. The summed E-state index contributed by atoms with van der Waals surface area (Å²) in [4.78, 5) is 7.68. The van der Waals surface area contributed by atoms with E-state index < -0.39 is 0 Å². The number of hydrogen-bond acceptors (Lipinski definition) is 3. The Bertz CT molecular complexity index is 536. The lowest BCUT2D eigenvalue weighted by Crippen LogP contribution is -2.36. The molecule has 18 heavy (non-hydrogen) atoms. The minimum absolute atomic E-state index is 0.188. The lowest BCUT2D eigenvalue weighted by atomic mass is 9.92. The average Bonchev–Trinajstić information content (AvgIpc) is 2.63. The van der Waals surface area contributed by atoms with Gasteiger partial charge in [0.1, 0.15) is 5.82 Å². The monoisotopic (exact) mass is 246 g/mol. The fourth-order valence-electron chi connectivity index (χ4n) is 2.28. The Kier molecular flexibility index (Phi) is 3.41. The molecule has 4 nitrogen and oxygen atoms in total. The molecule has 0 amide bonds. The quantitative estimate of drug-likeness (QED) is 0.775. The van der Waals surface area contributed by atoms with Gasteiger partial charge in [0.05, 0.1) is 11.0 Å². The fraction of sp³-hybridized carbons (Fsp3) is 0.500. The highest BCUT2D eigenvalue weighted by atomic mass is 14.9. The Morgan fingerprint density at radius 1 is 1.44 bits per heavy atom. The van der Waals surface area contributed by atoms with E-state index in [0.29, 0.717) is 0 Å². The van der Waals surface area contributed by atoms with Gasteiger partial charge in [-0.2, -0.15) is 0 Å². The van der Waals surface area contributed by atoms with Crippen LogP contribution in [-0.4, -0.2) is 22.6 Å². The first kappa shape index (κ1) is 13.1. The molecular weight excluding hydrogens is 224 g/mol. The van der Waals surface area contributed by atoms with Crippen LogP contribution in [0.15, 0.2) is 18.2 Å². The van der Waals surface area contributed by atoms with Crippen molar-refractivity contribution in [3.05, 3.63) is 29.6 Å². The number of rotatable bonds is 4. The number of imidazole rings is 1. The maximum absolute atomic E-state index is 6.11. The SMILES string of the molecule is CNC(CC(C)(C)N)c1ccc2nc(C)[nH]c2c1. The van der Waals surface area contributed by atoms with E-state index >= 15 is 0 Å². The van der Waals surface area contributed by atoms with Crippen LogP contribution in [0.25, 0.3) is 11.0 Å². The molecule has 1 heterocycles. The maximum atomic E-state index is 6.11. The van der Waals surface area contributed by atoms with Gasteiger partial charge in [-0.3, -0.25) is 0 Å². The van der Waals surface area contributed by atoms with Crippen molar-refractivity contribution in [3.63, 3.8) is 0 Å². The van der Waals surface area contributed by atoms with Crippen molar-refractivity contribution in [1.29, 1.82) is 0 Å². The molecule has 1 aromatic heterocycles. The standard InChI is InChI=1S/C14H22N4/c1-9-17-11-6-5-10(7-12(11)18-9)13(16-4)8-14(2,3)15/h5-7,13,16H,8,15H2,1-4H3,(H,17,18). The smallest absolute Gasteiger partial charge is 0.104 e. The van der Waals surface area contributed by atoms with E-state index in [2.05, 4.69) is 47.3 Å². The van der Waals surface area contributed by atoms with E-state index in [-0.39, 0.29) is 11.6 Å². The Labute approximate surface area is 108 Å². The van der Waals surface area contributed by atoms with E-state index in [1.165, 1.54) is 5.56 Å². The summed E-state index contributed by atoms with van der Waals surface area (Å²) in [7, 11) is 1.97. The van der Waals surface area contributed by atoms with Crippen LogP contribution in [0.2, 0.25) is 0 Å². The summed E-state index contributed by atoms with van der Waals surface area (Å²) in [5.41, 5.74) is 9.26. The van der Waals surface area contributed by atoms with Crippen molar-refractivity contribution in [2.75, 3.05) is 7.05 Å². The number of benzene rings is 1. The summed E-state index contributed by atoms with van der Waals surface area (Å²) in [6, 6.07) is 6.60. The van der Waals surface area contributed by atoms with Gasteiger partial charge in [-0.25, -0.2) is 4.98 Å². The fourth-order valence-corrected chi connectivity index (χ4v) is 2.28. The summed E-state index contributed by atoms with van der Waals surface area (Å²) in [6.45, 7) is 6.07. The second kappa shape index (κ2) is 4.71. The van der Waals surface area contributed by atoms with Crippen molar-refractivity contribution in [2.24, 2.45) is 5.73 Å². The summed E-state index contributed by atoms with van der Waals surface area (Å²) in [5.74, 6) is 0.947. The van der Waals surface area contributed by atoms with Gasteiger partial charge in [0.15, 0.2) is 0 Å². The summed E-state index contributed by atoms with van der Waals surface area (Å²) in [5, 5.41) is 3.33. The lowest BCUT2D eigenvalue weighted by molar-refractivity contribution is 0.396. The minimum atomic E-state index is -0.188. The van der Waals surface area contributed by atoms with Gasteiger partial charge in [0, 0.05) is 11.6 Å². The van der Waals surface area contributed by atoms with Crippen LogP contribution >= 0.6 is 0 Å². The molecule has 98 valence electrons. The summed E-state index contributed by atoms with van der Waals surface area (Å²) < 4.78 is 0. The molecule has 1 atom stereocenters. The first-order valence-corrected chi connectivity index (χ1v) is 6.31. The molecule has 0 fully saturated rings. The first-order chi connectivity index (χ1) is 8.39. The third-order valence-electron chi connectivity index (χ3n) is 3.11. The maximum Gasteiger partial charge on any atom is 0.104 e. The molecule has 0 saturated carbocycles. The Hall–Kier alpha value is -1.39. The van der Waals surface area contributed by atoms with Crippen molar-refractivity contribution >= 4 is 11.0 Å². The van der Waals surface area contributed by atoms with Gasteiger partial charge in [-0.1, -0.05) is 6.07 Å². The van der Waals surface area contributed by atoms with Gasteiger partial charge in [0.25, 0.3) is 0 Å². The van der Waals surface area contributed by atoms with E-state index in [1.807, 2.05) is 14.0 Å². The number of aryl methyl sites for hydroxylation is 1. The normalized spacial score (nSPS) is 14.1. The predicted molar refractivity (Wildman–Crippen MR) is 75.5 cm³/mol. The van der Waals surface area contributed by atoms with Gasteiger partial charge < -0.3 is 16.0 Å². The zero-order valence-electron chi connectivity index (χ0n) is 11.5. The zero-order chi connectivity index (χ0) is 13.3. The van der Waals surface area contributed by atoms with Crippen LogP contribution < -0.4 is 11.1 Å². The van der Waals surface area contributed by atoms with Crippen LogP contribution in [0.4, 0.5) is 0 Å². The molecule has 2 aromatic rings. The molecule has 4 heteroatoms. The van der Waals surface area contributed by atoms with Gasteiger partial charge in [0.2, 0.25) is 0 Å². The zero-order valence-corrected chi connectivity index (χ0v) is 11.5. The van der Waals surface area contributed by atoms with Crippen LogP contribution in [-0.2, 0) is 0 Å². The van der Waals surface area contributed by atoms with Crippen molar-refractivity contribution in [3.8, 4) is 0 Å². The third kappa shape index (κ3) is 2.89. The molecule has 0 radical (unpaired) electrons. The second-order valence-electron chi connectivity index (χ2n) is 5.63. The molecule has 0 bridgehead atoms. The van der Waals surface area contributed by atoms with Crippen LogP contribution in [0.3, 0.4) is 0 Å². The number of hydrogen-bond donors (Lipinski definition) is 3. The number of nitrogens with two attached hydrogens (primary N) is 1. The van der Waals surface area contributed by atoms with Gasteiger partial charge >= 0.3 is 0 Å². The molecule has 1 unspecified atom stereocenters. The van der Waals surface area contributed by atoms with Crippen LogP contribution in [0.5, 0.6) is 0 Å². The number of H-pyrrole nitrogens is 1. The van der Waals surface area contributed by atoms with Gasteiger partial charge in [-0.05, 0) is 51.9 Å². The van der Waals surface area contributed by atoms with Crippen LogP contribution in [0.1, 0.15) is 37.7 Å². The number of aromatic nitrogens is 2. The lowest BCUT2D eigenvalue weighted by Gasteiger charge is -2.26. The van der Waals surface area contributed by atoms with E-state index in [4.69, 9.17) is 5.73 Å². The molecule has 1 aromatic carbocycles. The Morgan fingerprint density at radius 2 is 2.17 bits per heavy atom. The van der Waals surface area contributed by atoms with Crippen molar-refractivity contribution in [1.82, 2.24) is 15.3 Å². The Balaban J connectivity index is 2.33. The Morgan fingerprint density at radius 3 is 2.78 bits per heavy atom. The van der Waals surface area contributed by atoms with Gasteiger partial charge in [-0.15, -0.1) is 0 Å². The third-order valence-corrected chi connectivity index (χ3v) is 3.11. The number of aromatic amines is 1. The summed E-state index contributed by atoms with van der Waals surface area (Å²) >= 11 is 0. The second-order valence-corrected chi connectivity index (χ2v) is 5.63. The molecular formula is C14H22N4. The van der Waals surface area contributed by atoms with Crippen molar-refractivity contribution in [2.45, 2.75) is 38.8 Å². The number of fused-ring (bicyclic) bond motifs is 1. The highest BCUT2D eigenvalue weighted by Crippen LogP contribution is 2.24. The average molecular weight is 246 g/mol. The van der Waals surface area contributed by atoms with Crippen molar-refractivity contribution < 1.29 is 0 Å². The molecule has 0 saturated heterocycles. The topological polar surface area (TPSA) is 66.7 Å². The number of nitrogens with zero attached hydrogens (tertiary/aromatic N) is 1. The highest BCUT2D eigenvalue weighted by molar-refractivity contribution is 5.76. The van der Waals surface area contributed by atoms with E-state index in [1.54, 1.807) is 0 Å². The molecule has 0 aliphatic carbocycles.